The van der Waals surface area contributed by atoms with Crippen molar-refractivity contribution in [2.75, 3.05) is 0 Å². The summed E-state index contributed by atoms with van der Waals surface area (Å²) in [5.41, 5.74) is 1.59. The summed E-state index contributed by atoms with van der Waals surface area (Å²) in [7, 11) is 0. The molecule has 1 atom stereocenters. The van der Waals surface area contributed by atoms with Gasteiger partial charge in [-0.3, -0.25) is 0 Å². The summed E-state index contributed by atoms with van der Waals surface area (Å²) in [6, 6.07) is 3.54. The number of imidazole rings is 1. The molecule has 0 N–H and O–H groups in total. The highest BCUT2D eigenvalue weighted by molar-refractivity contribution is 9.10. The second kappa shape index (κ2) is 5.57. The third-order valence-electron chi connectivity index (χ3n) is 3.07. The second-order valence-electron chi connectivity index (χ2n) is 4.42. The maximum Gasteiger partial charge on any atom is 0.139 e. The van der Waals surface area contributed by atoms with Crippen molar-refractivity contribution in [1.29, 1.82) is 0 Å². The van der Waals surface area contributed by atoms with Gasteiger partial charge in [-0.05, 0) is 35.3 Å². The average Bonchev–Trinajstić information content (AvgIpc) is 2.68. The van der Waals surface area contributed by atoms with E-state index in [4.69, 9.17) is 11.6 Å². The van der Waals surface area contributed by atoms with Gasteiger partial charge in [0.25, 0.3) is 0 Å². The summed E-state index contributed by atoms with van der Waals surface area (Å²) >= 11 is 9.16. The van der Waals surface area contributed by atoms with Gasteiger partial charge >= 0.3 is 0 Å². The Morgan fingerprint density at radius 3 is 2.83 bits per heavy atom. The first-order valence-corrected chi connectivity index (χ1v) is 7.33. The second-order valence-corrected chi connectivity index (χ2v) is 5.55. The normalized spacial score (nSPS) is 13.2. The van der Waals surface area contributed by atoms with Crippen molar-refractivity contribution in [2.24, 2.45) is 0 Å². The summed E-state index contributed by atoms with van der Waals surface area (Å²) in [6.07, 6.45) is 2.13. The Bertz CT molecular complexity index is 568. The maximum absolute atomic E-state index is 13.5. The molecule has 0 saturated carbocycles. The van der Waals surface area contributed by atoms with Gasteiger partial charge in [0.1, 0.15) is 11.6 Å². The van der Waals surface area contributed by atoms with Gasteiger partial charge in [0.2, 0.25) is 0 Å². The minimum Gasteiger partial charge on any atom is -0.324 e. The van der Waals surface area contributed by atoms with E-state index in [2.05, 4.69) is 39.3 Å². The van der Waals surface area contributed by atoms with Crippen molar-refractivity contribution < 1.29 is 4.39 Å². The topological polar surface area (TPSA) is 17.8 Å². The number of rotatable bonds is 4. The van der Waals surface area contributed by atoms with E-state index in [9.17, 15) is 4.39 Å². The Morgan fingerprint density at radius 2 is 2.22 bits per heavy atom. The van der Waals surface area contributed by atoms with Gasteiger partial charge < -0.3 is 4.57 Å². The molecule has 0 spiro atoms. The summed E-state index contributed by atoms with van der Waals surface area (Å²) < 4.78 is 16.1. The maximum atomic E-state index is 13.5. The fourth-order valence-electron chi connectivity index (χ4n) is 2.27. The Hall–Kier alpha value is -0.610. The molecule has 0 saturated heterocycles. The zero-order valence-electron chi connectivity index (χ0n) is 10.4. The van der Waals surface area contributed by atoms with Crippen molar-refractivity contribution in [3.8, 4) is 0 Å². The molecule has 1 aromatic carbocycles. The first-order valence-electron chi connectivity index (χ1n) is 6.00. The Labute approximate surface area is 119 Å². The molecular weight excluding hydrogens is 319 g/mol. The molecule has 98 valence electrons. The number of fused-ring (bicyclic) bond motifs is 1. The Morgan fingerprint density at radius 1 is 1.50 bits per heavy atom. The van der Waals surface area contributed by atoms with Gasteiger partial charge in [0, 0.05) is 12.1 Å². The quantitative estimate of drug-likeness (QED) is 0.717. The van der Waals surface area contributed by atoms with E-state index in [1.165, 1.54) is 6.07 Å². The molecule has 1 aromatic heterocycles. The number of hydrogen-bond acceptors (Lipinski definition) is 1. The predicted octanol–water partition coefficient (Wildman–Crippen LogP) is 5.04. The highest BCUT2D eigenvalue weighted by Gasteiger charge is 2.16. The smallest absolute Gasteiger partial charge is 0.139 e. The van der Waals surface area contributed by atoms with E-state index in [0.717, 1.165) is 24.2 Å². The molecule has 1 heterocycles. The van der Waals surface area contributed by atoms with Crippen LogP contribution in [0, 0.1) is 5.82 Å². The van der Waals surface area contributed by atoms with Crippen molar-refractivity contribution in [1.82, 2.24) is 9.55 Å². The van der Waals surface area contributed by atoms with Crippen LogP contribution in [-0.4, -0.2) is 9.55 Å². The molecular formula is C13H15BrClFN2. The number of aromatic nitrogens is 2. The van der Waals surface area contributed by atoms with Crippen molar-refractivity contribution in [2.45, 2.75) is 38.6 Å². The molecule has 0 bridgehead atoms. The van der Waals surface area contributed by atoms with E-state index in [-0.39, 0.29) is 5.82 Å². The van der Waals surface area contributed by atoms with Gasteiger partial charge in [0.15, 0.2) is 0 Å². The monoisotopic (exact) mass is 332 g/mol. The van der Waals surface area contributed by atoms with Crippen LogP contribution in [0.4, 0.5) is 4.39 Å². The van der Waals surface area contributed by atoms with Crippen LogP contribution in [0.5, 0.6) is 0 Å². The van der Waals surface area contributed by atoms with Crippen molar-refractivity contribution >= 4 is 38.6 Å². The number of nitrogens with zero attached hydrogens (tertiary/aromatic N) is 2. The van der Waals surface area contributed by atoms with Crippen LogP contribution in [0.15, 0.2) is 16.6 Å². The molecule has 0 aliphatic heterocycles. The third kappa shape index (κ3) is 2.41. The summed E-state index contributed by atoms with van der Waals surface area (Å²) in [5, 5.41) is 0. The molecule has 5 heteroatoms. The van der Waals surface area contributed by atoms with Gasteiger partial charge in [-0.25, -0.2) is 9.37 Å². The molecule has 0 radical (unpaired) electrons. The lowest BCUT2D eigenvalue weighted by atomic mass is 10.2. The van der Waals surface area contributed by atoms with Crippen LogP contribution >= 0.6 is 27.5 Å². The number of hydrogen-bond donors (Lipinski definition) is 0. The lowest BCUT2D eigenvalue weighted by molar-refractivity contribution is 0.500. The first kappa shape index (κ1) is 13.8. The zero-order valence-corrected chi connectivity index (χ0v) is 12.7. The molecule has 0 aliphatic carbocycles. The largest absolute Gasteiger partial charge is 0.324 e. The minimum atomic E-state index is -0.295. The summed E-state index contributed by atoms with van der Waals surface area (Å²) in [6.45, 7) is 4.28. The molecule has 0 aliphatic rings. The first-order chi connectivity index (χ1) is 8.58. The number of halogens is 3. The molecule has 2 rings (SSSR count). The molecule has 2 aromatic rings. The average molecular weight is 334 g/mol. The van der Waals surface area contributed by atoms with Crippen LogP contribution in [0.25, 0.3) is 11.0 Å². The number of benzene rings is 1. The van der Waals surface area contributed by atoms with Gasteiger partial charge in [-0.1, -0.05) is 13.3 Å². The highest BCUT2D eigenvalue weighted by Crippen LogP contribution is 2.28. The van der Waals surface area contributed by atoms with E-state index < -0.39 is 0 Å². The third-order valence-corrected chi connectivity index (χ3v) is 3.92. The standard InChI is InChI=1S/C13H15BrClFN2/c1-3-4-8(2)18-12-5-9(14)10(16)6-11(12)17-13(18)7-15/h5-6,8H,3-4,7H2,1-2H3. The van der Waals surface area contributed by atoms with Gasteiger partial charge in [-0.2, -0.15) is 0 Å². The van der Waals surface area contributed by atoms with Crippen LogP contribution < -0.4 is 0 Å². The summed E-state index contributed by atoms with van der Waals surface area (Å²) in [5.74, 6) is 0.837. The lowest BCUT2D eigenvalue weighted by Gasteiger charge is -2.16. The molecule has 0 fully saturated rings. The molecule has 0 amide bonds. The summed E-state index contributed by atoms with van der Waals surface area (Å²) in [4.78, 5) is 4.41. The van der Waals surface area contributed by atoms with E-state index in [1.807, 2.05) is 0 Å². The van der Waals surface area contributed by atoms with Gasteiger partial charge in [0.05, 0.1) is 21.4 Å². The van der Waals surface area contributed by atoms with Crippen LogP contribution in [0.3, 0.4) is 0 Å². The molecule has 2 nitrogen and oxygen atoms in total. The SMILES string of the molecule is CCCC(C)n1c(CCl)nc2cc(F)c(Br)cc21. The highest BCUT2D eigenvalue weighted by atomic mass is 79.9. The van der Waals surface area contributed by atoms with E-state index in [0.29, 0.717) is 21.9 Å². The van der Waals surface area contributed by atoms with Crippen LogP contribution in [0.1, 0.15) is 38.6 Å². The van der Waals surface area contributed by atoms with E-state index >= 15 is 0 Å². The van der Waals surface area contributed by atoms with Crippen molar-refractivity contribution in [3.63, 3.8) is 0 Å². The molecule has 1 unspecified atom stereocenters. The minimum absolute atomic E-state index is 0.295. The Balaban J connectivity index is 2.64. The lowest BCUT2D eigenvalue weighted by Crippen LogP contribution is -2.08. The van der Waals surface area contributed by atoms with E-state index in [1.54, 1.807) is 6.07 Å². The molecule has 18 heavy (non-hydrogen) atoms. The Kier molecular flexibility index (Phi) is 4.28. The van der Waals surface area contributed by atoms with Crippen molar-refractivity contribution in [3.05, 3.63) is 28.2 Å². The fourth-order valence-corrected chi connectivity index (χ4v) is 2.79. The van der Waals surface area contributed by atoms with Crippen LogP contribution in [0.2, 0.25) is 0 Å². The fraction of sp³-hybridized carbons (Fsp3) is 0.462. The number of alkyl halides is 1. The zero-order chi connectivity index (χ0) is 13.3. The van der Waals surface area contributed by atoms with Gasteiger partial charge in [-0.15, -0.1) is 11.6 Å². The predicted molar refractivity (Wildman–Crippen MR) is 76.6 cm³/mol. The van der Waals surface area contributed by atoms with Crippen LogP contribution in [-0.2, 0) is 5.88 Å².